The highest BCUT2D eigenvalue weighted by Crippen LogP contribution is 2.27. The van der Waals surface area contributed by atoms with Gasteiger partial charge in [-0.1, -0.05) is 6.07 Å². The Morgan fingerprint density at radius 3 is 2.25 bits per heavy atom. The van der Waals surface area contributed by atoms with Crippen LogP contribution in [0.3, 0.4) is 0 Å². The molecule has 0 saturated carbocycles. The van der Waals surface area contributed by atoms with Crippen LogP contribution >= 0.6 is 0 Å². The Morgan fingerprint density at radius 2 is 1.58 bits per heavy atom. The van der Waals surface area contributed by atoms with Crippen molar-refractivity contribution in [2.45, 2.75) is 6.54 Å². The van der Waals surface area contributed by atoms with E-state index < -0.39 is 0 Å². The minimum atomic E-state index is 0.565. The molecule has 0 aromatic heterocycles. The zero-order chi connectivity index (χ0) is 17.4. The molecule has 1 N–H and O–H groups in total. The van der Waals surface area contributed by atoms with Gasteiger partial charge in [0.05, 0.1) is 41.2 Å². The van der Waals surface area contributed by atoms with E-state index in [4.69, 9.17) is 18.9 Å². The molecule has 0 amide bonds. The number of hydrazone groups is 1. The molecule has 24 heavy (non-hydrogen) atoms. The third-order valence-corrected chi connectivity index (χ3v) is 3.47. The van der Waals surface area contributed by atoms with Crippen molar-refractivity contribution in [1.82, 2.24) is 5.43 Å². The van der Waals surface area contributed by atoms with E-state index >= 15 is 0 Å². The van der Waals surface area contributed by atoms with E-state index in [9.17, 15) is 0 Å². The second-order valence-electron chi connectivity index (χ2n) is 4.89. The molecule has 2 rings (SSSR count). The maximum atomic E-state index is 5.33. The number of methoxy groups -OCH3 is 4. The second kappa shape index (κ2) is 8.67. The monoisotopic (exact) mass is 330 g/mol. The van der Waals surface area contributed by atoms with Crippen LogP contribution in [0.5, 0.6) is 23.0 Å². The SMILES string of the molecule is COc1ccc(/C=N\NCc2ccc(OC)c(OC)c2)c(OC)c1. The average Bonchev–Trinajstić information content (AvgIpc) is 2.64. The van der Waals surface area contributed by atoms with Gasteiger partial charge in [0.25, 0.3) is 0 Å². The van der Waals surface area contributed by atoms with Crippen LogP contribution in [0.25, 0.3) is 0 Å². The maximum Gasteiger partial charge on any atom is 0.161 e. The van der Waals surface area contributed by atoms with Gasteiger partial charge in [0.1, 0.15) is 11.5 Å². The van der Waals surface area contributed by atoms with E-state index in [1.165, 1.54) is 0 Å². The molecule has 6 heteroatoms. The maximum absolute atomic E-state index is 5.33. The van der Waals surface area contributed by atoms with Crippen LogP contribution in [0.15, 0.2) is 41.5 Å². The highest BCUT2D eigenvalue weighted by atomic mass is 16.5. The Hall–Kier alpha value is -2.89. The van der Waals surface area contributed by atoms with E-state index in [1.807, 2.05) is 36.4 Å². The topological polar surface area (TPSA) is 61.3 Å². The fourth-order valence-electron chi connectivity index (χ4n) is 2.17. The first kappa shape index (κ1) is 17.5. The van der Waals surface area contributed by atoms with Gasteiger partial charge in [0.2, 0.25) is 0 Å². The fraction of sp³-hybridized carbons (Fsp3) is 0.278. The van der Waals surface area contributed by atoms with E-state index in [2.05, 4.69) is 10.5 Å². The fourth-order valence-corrected chi connectivity index (χ4v) is 2.17. The number of benzene rings is 2. The molecule has 0 aliphatic rings. The molecule has 0 aliphatic heterocycles. The summed E-state index contributed by atoms with van der Waals surface area (Å²) in [4.78, 5) is 0. The number of ether oxygens (including phenoxy) is 4. The highest BCUT2D eigenvalue weighted by molar-refractivity contribution is 5.83. The Labute approximate surface area is 142 Å². The van der Waals surface area contributed by atoms with Gasteiger partial charge in [-0.15, -0.1) is 0 Å². The average molecular weight is 330 g/mol. The molecule has 0 spiro atoms. The van der Waals surface area contributed by atoms with Crippen molar-refractivity contribution < 1.29 is 18.9 Å². The zero-order valence-corrected chi connectivity index (χ0v) is 14.3. The quantitative estimate of drug-likeness (QED) is 0.596. The first-order chi connectivity index (χ1) is 11.7. The largest absolute Gasteiger partial charge is 0.497 e. The van der Waals surface area contributed by atoms with Crippen molar-refractivity contribution >= 4 is 6.21 Å². The summed E-state index contributed by atoms with van der Waals surface area (Å²) in [5, 5.41) is 4.23. The number of hydrogen-bond acceptors (Lipinski definition) is 6. The van der Waals surface area contributed by atoms with Crippen LogP contribution in [-0.4, -0.2) is 34.7 Å². The van der Waals surface area contributed by atoms with Crippen LogP contribution < -0.4 is 24.4 Å². The van der Waals surface area contributed by atoms with E-state index in [0.29, 0.717) is 23.8 Å². The van der Waals surface area contributed by atoms with Gasteiger partial charge in [-0.2, -0.15) is 5.10 Å². The smallest absolute Gasteiger partial charge is 0.161 e. The zero-order valence-electron chi connectivity index (χ0n) is 14.3. The van der Waals surface area contributed by atoms with Gasteiger partial charge in [0.15, 0.2) is 11.5 Å². The second-order valence-corrected chi connectivity index (χ2v) is 4.89. The molecule has 0 heterocycles. The summed E-state index contributed by atoms with van der Waals surface area (Å²) in [5.41, 5.74) is 4.90. The predicted molar refractivity (Wildman–Crippen MR) is 93.5 cm³/mol. The van der Waals surface area contributed by atoms with Gasteiger partial charge < -0.3 is 24.4 Å². The van der Waals surface area contributed by atoms with Gasteiger partial charge in [0, 0.05) is 11.6 Å². The molecular formula is C18H22N2O4. The van der Waals surface area contributed by atoms with Crippen molar-refractivity contribution in [3.8, 4) is 23.0 Å². The lowest BCUT2D eigenvalue weighted by Crippen LogP contribution is -2.06. The predicted octanol–water partition coefficient (Wildman–Crippen LogP) is 2.84. The van der Waals surface area contributed by atoms with Gasteiger partial charge in [-0.3, -0.25) is 0 Å². The number of rotatable bonds is 8. The van der Waals surface area contributed by atoms with Gasteiger partial charge in [-0.05, 0) is 29.8 Å². The lowest BCUT2D eigenvalue weighted by atomic mass is 10.2. The van der Waals surface area contributed by atoms with Crippen molar-refractivity contribution in [3.05, 3.63) is 47.5 Å². The van der Waals surface area contributed by atoms with E-state index in [-0.39, 0.29) is 0 Å². The Kier molecular flexibility index (Phi) is 6.31. The van der Waals surface area contributed by atoms with Crippen LogP contribution in [-0.2, 0) is 6.54 Å². The minimum Gasteiger partial charge on any atom is -0.497 e. The molecule has 0 unspecified atom stereocenters. The van der Waals surface area contributed by atoms with Crippen LogP contribution in [0.1, 0.15) is 11.1 Å². The first-order valence-electron chi connectivity index (χ1n) is 7.40. The third kappa shape index (κ3) is 4.32. The summed E-state index contributed by atoms with van der Waals surface area (Å²) in [6, 6.07) is 11.3. The molecule has 0 radical (unpaired) electrons. The molecule has 0 saturated heterocycles. The van der Waals surface area contributed by atoms with Crippen molar-refractivity contribution in [3.63, 3.8) is 0 Å². The molecule has 2 aromatic rings. The summed E-state index contributed by atoms with van der Waals surface area (Å²) in [6.45, 7) is 0.565. The van der Waals surface area contributed by atoms with Crippen molar-refractivity contribution in [2.24, 2.45) is 5.10 Å². The van der Waals surface area contributed by atoms with Crippen molar-refractivity contribution in [2.75, 3.05) is 28.4 Å². The molecule has 6 nitrogen and oxygen atoms in total. The molecule has 128 valence electrons. The lowest BCUT2D eigenvalue weighted by molar-refractivity contribution is 0.354. The Bertz CT molecular complexity index is 701. The van der Waals surface area contributed by atoms with Gasteiger partial charge >= 0.3 is 0 Å². The number of nitrogens with one attached hydrogen (secondary N) is 1. The Balaban J connectivity index is 2.00. The summed E-state index contributed by atoms with van der Waals surface area (Å²) < 4.78 is 21.0. The molecule has 0 fully saturated rings. The standard InChI is InChI=1S/C18H22N2O4/c1-21-15-7-6-14(17(10-15)23-3)12-20-19-11-13-5-8-16(22-2)18(9-13)24-4/h5-10,12,19H,11H2,1-4H3/b20-12-. The highest BCUT2D eigenvalue weighted by Gasteiger charge is 2.04. The molecule has 0 aliphatic carbocycles. The van der Waals surface area contributed by atoms with Crippen LogP contribution in [0.2, 0.25) is 0 Å². The first-order valence-corrected chi connectivity index (χ1v) is 7.40. The molecular weight excluding hydrogens is 308 g/mol. The summed E-state index contributed by atoms with van der Waals surface area (Å²) in [5.74, 6) is 2.83. The molecule has 0 bridgehead atoms. The summed E-state index contributed by atoms with van der Waals surface area (Å²) in [6.07, 6.45) is 1.71. The van der Waals surface area contributed by atoms with E-state index in [1.54, 1.807) is 34.7 Å². The Morgan fingerprint density at radius 1 is 0.833 bits per heavy atom. The summed E-state index contributed by atoms with van der Waals surface area (Å²) in [7, 11) is 6.46. The summed E-state index contributed by atoms with van der Waals surface area (Å²) >= 11 is 0. The van der Waals surface area contributed by atoms with Crippen molar-refractivity contribution in [1.29, 1.82) is 0 Å². The number of hydrogen-bond donors (Lipinski definition) is 1. The van der Waals surface area contributed by atoms with Gasteiger partial charge in [-0.25, -0.2) is 0 Å². The lowest BCUT2D eigenvalue weighted by Gasteiger charge is -2.09. The normalized spacial score (nSPS) is 10.5. The van der Waals surface area contributed by atoms with Crippen LogP contribution in [0, 0.1) is 0 Å². The van der Waals surface area contributed by atoms with E-state index in [0.717, 1.165) is 16.9 Å². The molecule has 2 aromatic carbocycles. The molecule has 0 atom stereocenters. The number of nitrogens with zero attached hydrogens (tertiary/aromatic N) is 1. The third-order valence-electron chi connectivity index (χ3n) is 3.47. The minimum absolute atomic E-state index is 0.565. The van der Waals surface area contributed by atoms with Crippen LogP contribution in [0.4, 0.5) is 0 Å².